The monoisotopic (exact) mass is 372 g/mol. The maximum absolute atomic E-state index is 10.7. The molecule has 0 bridgehead atoms. The van der Waals surface area contributed by atoms with Crippen molar-refractivity contribution in [3.8, 4) is 22.6 Å². The molecule has 1 atom stereocenters. The molecule has 1 N–H and O–H groups in total. The topological polar surface area (TPSA) is 29.5 Å². The van der Waals surface area contributed by atoms with Gasteiger partial charge in [-0.2, -0.15) is 0 Å². The van der Waals surface area contributed by atoms with Crippen molar-refractivity contribution in [2.75, 3.05) is 0 Å². The Morgan fingerprint density at radius 2 is 1.64 bits per heavy atom. The number of aromatic hydroxyl groups is 1. The Hall–Kier alpha value is -3.00. The van der Waals surface area contributed by atoms with E-state index in [2.05, 4.69) is 24.3 Å². The van der Waals surface area contributed by atoms with Crippen molar-refractivity contribution in [3.05, 3.63) is 95.6 Å². The van der Waals surface area contributed by atoms with Crippen LogP contribution in [0.3, 0.4) is 0 Å². The van der Waals surface area contributed by atoms with Crippen molar-refractivity contribution in [3.63, 3.8) is 0 Å². The fraction of sp³-hybridized carbons (Fsp3) is 0.231. The van der Waals surface area contributed by atoms with Gasteiger partial charge in [-0.15, -0.1) is 0 Å². The number of benzene rings is 3. The highest BCUT2D eigenvalue weighted by atomic mass is 16.5. The smallest absolute Gasteiger partial charge is 0.128 e. The molecular weight excluding hydrogens is 344 g/mol. The van der Waals surface area contributed by atoms with E-state index in [4.69, 9.17) is 4.74 Å². The molecule has 3 aromatic carbocycles. The van der Waals surface area contributed by atoms with Gasteiger partial charge in [0.25, 0.3) is 0 Å². The molecule has 144 valence electrons. The predicted molar refractivity (Wildman–Crippen MR) is 117 cm³/mol. The summed E-state index contributed by atoms with van der Waals surface area (Å²) in [6.45, 7) is 6.01. The molecule has 2 nitrogen and oxygen atoms in total. The van der Waals surface area contributed by atoms with Crippen LogP contribution in [-0.2, 0) is 0 Å². The lowest BCUT2D eigenvalue weighted by atomic mass is 9.98. The van der Waals surface area contributed by atoms with Crippen LogP contribution in [0, 0.1) is 13.8 Å². The van der Waals surface area contributed by atoms with E-state index in [1.54, 1.807) is 0 Å². The average molecular weight is 373 g/mol. The molecule has 2 heteroatoms. The van der Waals surface area contributed by atoms with Crippen LogP contribution < -0.4 is 4.74 Å². The van der Waals surface area contributed by atoms with E-state index in [-0.39, 0.29) is 6.10 Å². The van der Waals surface area contributed by atoms with Crippen molar-refractivity contribution >= 4 is 0 Å². The summed E-state index contributed by atoms with van der Waals surface area (Å²) in [5, 5.41) is 10.7. The maximum Gasteiger partial charge on any atom is 0.128 e. The zero-order chi connectivity index (χ0) is 19.9. The number of hydrogen-bond donors (Lipinski definition) is 1. The third-order valence-electron chi connectivity index (χ3n) is 4.89. The third kappa shape index (κ3) is 4.64. The molecule has 0 aromatic heterocycles. The molecule has 0 aliphatic rings. The van der Waals surface area contributed by atoms with E-state index in [9.17, 15) is 5.11 Å². The molecule has 3 rings (SSSR count). The molecule has 0 aliphatic carbocycles. The number of rotatable bonds is 7. The first-order valence-electron chi connectivity index (χ1n) is 9.82. The summed E-state index contributed by atoms with van der Waals surface area (Å²) in [5.74, 6) is 1.10. The van der Waals surface area contributed by atoms with Crippen LogP contribution in [0.2, 0.25) is 0 Å². The molecule has 0 spiro atoms. The molecule has 0 aliphatic heterocycles. The van der Waals surface area contributed by atoms with E-state index in [0.29, 0.717) is 5.75 Å². The van der Waals surface area contributed by atoms with Crippen LogP contribution in [-0.4, -0.2) is 5.11 Å². The molecule has 0 saturated carbocycles. The number of para-hydroxylation sites is 1. The quantitative estimate of drug-likeness (QED) is 0.446. The summed E-state index contributed by atoms with van der Waals surface area (Å²) in [5.41, 5.74) is 4.88. The van der Waals surface area contributed by atoms with E-state index >= 15 is 0 Å². The lowest BCUT2D eigenvalue weighted by Gasteiger charge is -2.22. The van der Waals surface area contributed by atoms with Gasteiger partial charge in [-0.3, -0.25) is 0 Å². The Kier molecular flexibility index (Phi) is 6.54. The van der Waals surface area contributed by atoms with Gasteiger partial charge in [-0.1, -0.05) is 66.7 Å². The summed E-state index contributed by atoms with van der Waals surface area (Å²) in [4.78, 5) is 0. The number of phenolic OH excluding ortho intramolecular Hbond substituents is 1. The van der Waals surface area contributed by atoms with Crippen molar-refractivity contribution < 1.29 is 9.84 Å². The summed E-state index contributed by atoms with van der Waals surface area (Å²) in [6.07, 6.45) is 6.03. The van der Waals surface area contributed by atoms with Gasteiger partial charge in [0.2, 0.25) is 0 Å². The van der Waals surface area contributed by atoms with Gasteiger partial charge in [-0.25, -0.2) is 0 Å². The molecule has 0 heterocycles. The van der Waals surface area contributed by atoms with Gasteiger partial charge in [-0.05, 0) is 62.4 Å². The highest BCUT2D eigenvalue weighted by molar-refractivity contribution is 5.77. The minimum absolute atomic E-state index is 0.0494. The normalized spacial score (nSPS) is 12.2. The number of aryl methyl sites for hydroxylation is 2. The largest absolute Gasteiger partial charge is 0.507 e. The van der Waals surface area contributed by atoms with E-state index in [0.717, 1.165) is 46.4 Å². The predicted octanol–water partition coefficient (Wildman–Crippen LogP) is 7.15. The summed E-state index contributed by atoms with van der Waals surface area (Å²) in [6, 6.07) is 22.3. The Bertz CT molecular complexity index is 942. The second-order valence-electron chi connectivity index (χ2n) is 7.14. The van der Waals surface area contributed by atoms with Gasteiger partial charge < -0.3 is 9.84 Å². The zero-order valence-corrected chi connectivity index (χ0v) is 16.9. The molecule has 0 unspecified atom stereocenters. The van der Waals surface area contributed by atoms with E-state index in [1.165, 1.54) is 0 Å². The van der Waals surface area contributed by atoms with Crippen molar-refractivity contribution in [1.29, 1.82) is 0 Å². The average Bonchev–Trinajstić information content (AvgIpc) is 2.71. The summed E-state index contributed by atoms with van der Waals surface area (Å²) < 4.78 is 6.52. The second-order valence-corrected chi connectivity index (χ2v) is 7.14. The minimum Gasteiger partial charge on any atom is -0.507 e. The van der Waals surface area contributed by atoms with Crippen LogP contribution in [0.4, 0.5) is 0 Å². The van der Waals surface area contributed by atoms with E-state index < -0.39 is 0 Å². The van der Waals surface area contributed by atoms with Gasteiger partial charge in [0.15, 0.2) is 0 Å². The van der Waals surface area contributed by atoms with Gasteiger partial charge in [0, 0.05) is 11.1 Å². The van der Waals surface area contributed by atoms with Crippen LogP contribution in [0.1, 0.15) is 42.6 Å². The van der Waals surface area contributed by atoms with Crippen molar-refractivity contribution in [2.24, 2.45) is 0 Å². The standard InChI is InChI=1S/C26H28O2/c1-4-5-7-15-24(21-12-8-6-9-13-21)28-25-16-11-10-14-22(25)23-18-19(2)17-20(3)26(23)27/h4-6,8-14,16-18,24,27H,7,15H2,1-3H3/b5-4-/t24-/m1/s1. The Morgan fingerprint density at radius 1 is 0.929 bits per heavy atom. The molecule has 28 heavy (non-hydrogen) atoms. The first-order valence-corrected chi connectivity index (χ1v) is 9.82. The number of hydrogen-bond acceptors (Lipinski definition) is 2. The lowest BCUT2D eigenvalue weighted by Crippen LogP contribution is -2.08. The first-order chi connectivity index (χ1) is 13.6. The Morgan fingerprint density at radius 3 is 2.39 bits per heavy atom. The number of phenols is 1. The van der Waals surface area contributed by atoms with E-state index in [1.807, 2.05) is 75.4 Å². The Labute approximate surface area is 168 Å². The zero-order valence-electron chi connectivity index (χ0n) is 16.9. The van der Waals surface area contributed by atoms with Gasteiger partial charge in [0.05, 0.1) is 0 Å². The highest BCUT2D eigenvalue weighted by Crippen LogP contribution is 2.40. The highest BCUT2D eigenvalue weighted by Gasteiger charge is 2.17. The molecule has 3 aromatic rings. The van der Waals surface area contributed by atoms with Crippen LogP contribution in [0.15, 0.2) is 78.9 Å². The fourth-order valence-electron chi connectivity index (χ4n) is 3.49. The van der Waals surface area contributed by atoms with Crippen molar-refractivity contribution in [1.82, 2.24) is 0 Å². The SMILES string of the molecule is C/C=C\CC[C@@H](Oc1ccccc1-c1cc(C)cc(C)c1O)c1ccccc1. The molecule has 0 radical (unpaired) electrons. The lowest BCUT2D eigenvalue weighted by molar-refractivity contribution is 0.197. The molecular formula is C26H28O2. The minimum atomic E-state index is -0.0494. The van der Waals surface area contributed by atoms with Crippen LogP contribution in [0.5, 0.6) is 11.5 Å². The molecule has 0 amide bonds. The van der Waals surface area contributed by atoms with Crippen molar-refractivity contribution in [2.45, 2.75) is 39.7 Å². The number of allylic oxidation sites excluding steroid dienone is 2. The molecule has 0 saturated heterocycles. The third-order valence-corrected chi connectivity index (χ3v) is 4.89. The Balaban J connectivity index is 1.99. The van der Waals surface area contributed by atoms with Crippen LogP contribution in [0.25, 0.3) is 11.1 Å². The van der Waals surface area contributed by atoms with Gasteiger partial charge in [0.1, 0.15) is 17.6 Å². The fourth-order valence-corrected chi connectivity index (χ4v) is 3.49. The number of ether oxygens (including phenoxy) is 1. The van der Waals surface area contributed by atoms with Crippen LogP contribution >= 0.6 is 0 Å². The van der Waals surface area contributed by atoms with Gasteiger partial charge >= 0.3 is 0 Å². The molecule has 0 fully saturated rings. The summed E-state index contributed by atoms with van der Waals surface area (Å²) in [7, 11) is 0. The summed E-state index contributed by atoms with van der Waals surface area (Å²) >= 11 is 0. The maximum atomic E-state index is 10.7. The first kappa shape index (κ1) is 19.8. The second kappa shape index (κ2) is 9.27.